The summed E-state index contributed by atoms with van der Waals surface area (Å²) in [4.78, 5) is 11.9. The third-order valence-electron chi connectivity index (χ3n) is 2.78. The van der Waals surface area contributed by atoms with E-state index in [0.29, 0.717) is 12.1 Å². The highest BCUT2D eigenvalue weighted by molar-refractivity contribution is 5.92. The molecule has 2 aromatic rings. The van der Waals surface area contributed by atoms with Crippen molar-refractivity contribution in [1.29, 1.82) is 0 Å². The number of carbonyl (C=O) groups is 1. The predicted molar refractivity (Wildman–Crippen MR) is 72.2 cm³/mol. The first-order valence-corrected chi connectivity index (χ1v) is 6.23. The van der Waals surface area contributed by atoms with E-state index in [1.165, 1.54) is 0 Å². The predicted octanol–water partition coefficient (Wildman–Crippen LogP) is 1.37. The smallest absolute Gasteiger partial charge is 0.271 e. The number of para-hydroxylation sites is 1. The van der Waals surface area contributed by atoms with E-state index in [2.05, 4.69) is 10.4 Å². The third kappa shape index (κ3) is 3.42. The van der Waals surface area contributed by atoms with Crippen LogP contribution in [0.2, 0.25) is 0 Å². The molecule has 1 aromatic heterocycles. The van der Waals surface area contributed by atoms with Crippen molar-refractivity contribution in [2.45, 2.75) is 19.4 Å². The highest BCUT2D eigenvalue weighted by atomic mass is 16.3. The zero-order valence-corrected chi connectivity index (χ0v) is 10.8. The van der Waals surface area contributed by atoms with Crippen molar-refractivity contribution < 1.29 is 9.90 Å². The van der Waals surface area contributed by atoms with Gasteiger partial charge in [-0.25, -0.2) is 4.68 Å². The zero-order valence-electron chi connectivity index (χ0n) is 10.8. The van der Waals surface area contributed by atoms with E-state index in [-0.39, 0.29) is 18.6 Å². The Morgan fingerprint density at radius 3 is 2.79 bits per heavy atom. The fourth-order valence-corrected chi connectivity index (χ4v) is 1.73. The minimum absolute atomic E-state index is 0.0555. The van der Waals surface area contributed by atoms with E-state index >= 15 is 0 Å². The van der Waals surface area contributed by atoms with Crippen LogP contribution < -0.4 is 5.32 Å². The Morgan fingerprint density at radius 2 is 2.11 bits per heavy atom. The number of aliphatic hydroxyl groups is 1. The Morgan fingerprint density at radius 1 is 1.37 bits per heavy atom. The first kappa shape index (κ1) is 13.3. The molecule has 2 rings (SSSR count). The fourth-order valence-electron chi connectivity index (χ4n) is 1.73. The molecular formula is C14H17N3O2. The van der Waals surface area contributed by atoms with Crippen molar-refractivity contribution in [3.8, 4) is 5.69 Å². The van der Waals surface area contributed by atoms with Gasteiger partial charge in [-0.2, -0.15) is 5.10 Å². The van der Waals surface area contributed by atoms with Crippen LogP contribution in [0.4, 0.5) is 0 Å². The average Bonchev–Trinajstić information content (AvgIpc) is 2.89. The van der Waals surface area contributed by atoms with Crippen molar-refractivity contribution in [2.24, 2.45) is 0 Å². The lowest BCUT2D eigenvalue weighted by molar-refractivity contribution is 0.0929. The molecule has 0 saturated heterocycles. The van der Waals surface area contributed by atoms with Crippen molar-refractivity contribution in [3.63, 3.8) is 0 Å². The molecule has 2 N–H and O–H groups in total. The summed E-state index contributed by atoms with van der Waals surface area (Å²) in [5.41, 5.74) is 1.28. The van der Waals surface area contributed by atoms with E-state index in [1.54, 1.807) is 16.9 Å². The molecule has 1 amide bonds. The summed E-state index contributed by atoms with van der Waals surface area (Å²) >= 11 is 0. The first-order chi connectivity index (χ1) is 9.20. The van der Waals surface area contributed by atoms with Gasteiger partial charge in [-0.05, 0) is 31.5 Å². The lowest BCUT2D eigenvalue weighted by atomic mass is 10.2. The summed E-state index contributed by atoms with van der Waals surface area (Å²) in [5.74, 6) is -0.226. The molecule has 1 unspecified atom stereocenters. The lowest BCUT2D eigenvalue weighted by Crippen LogP contribution is -2.33. The van der Waals surface area contributed by atoms with Gasteiger partial charge in [0.1, 0.15) is 0 Å². The van der Waals surface area contributed by atoms with Crippen LogP contribution in [0.25, 0.3) is 5.69 Å². The van der Waals surface area contributed by atoms with E-state index in [1.807, 2.05) is 37.3 Å². The van der Waals surface area contributed by atoms with Gasteiger partial charge in [-0.15, -0.1) is 0 Å². The minimum atomic E-state index is -0.226. The number of rotatable bonds is 5. The maximum atomic E-state index is 11.9. The van der Waals surface area contributed by atoms with Crippen LogP contribution in [0.1, 0.15) is 23.8 Å². The minimum Gasteiger partial charge on any atom is -0.396 e. The van der Waals surface area contributed by atoms with Gasteiger partial charge in [0.25, 0.3) is 5.91 Å². The number of aliphatic hydroxyl groups excluding tert-OH is 1. The summed E-state index contributed by atoms with van der Waals surface area (Å²) in [6, 6.07) is 11.2. The number of amides is 1. The number of aromatic nitrogens is 2. The number of hydrogen-bond donors (Lipinski definition) is 2. The second-order valence-corrected chi connectivity index (χ2v) is 4.37. The van der Waals surface area contributed by atoms with E-state index < -0.39 is 0 Å². The molecule has 19 heavy (non-hydrogen) atoms. The summed E-state index contributed by atoms with van der Waals surface area (Å²) in [6.45, 7) is 1.90. The number of benzene rings is 1. The number of nitrogens with zero attached hydrogens (tertiary/aromatic N) is 2. The molecule has 100 valence electrons. The number of nitrogens with one attached hydrogen (secondary N) is 1. The molecule has 0 aliphatic rings. The summed E-state index contributed by atoms with van der Waals surface area (Å²) in [7, 11) is 0. The van der Waals surface area contributed by atoms with Crippen LogP contribution in [0.5, 0.6) is 0 Å². The van der Waals surface area contributed by atoms with E-state index in [9.17, 15) is 4.79 Å². The van der Waals surface area contributed by atoms with Crippen molar-refractivity contribution in [2.75, 3.05) is 6.61 Å². The van der Waals surface area contributed by atoms with Gasteiger partial charge in [0.05, 0.1) is 5.69 Å². The zero-order chi connectivity index (χ0) is 13.7. The van der Waals surface area contributed by atoms with Gasteiger partial charge in [0.2, 0.25) is 0 Å². The Balaban J connectivity index is 2.07. The van der Waals surface area contributed by atoms with Crippen LogP contribution in [0, 0.1) is 0 Å². The molecule has 0 radical (unpaired) electrons. The van der Waals surface area contributed by atoms with Crippen molar-refractivity contribution in [3.05, 3.63) is 48.3 Å². The maximum Gasteiger partial charge on any atom is 0.271 e. The third-order valence-corrected chi connectivity index (χ3v) is 2.78. The quantitative estimate of drug-likeness (QED) is 0.852. The standard InChI is InChI=1S/C14H17N3O2/c1-11(8-10-18)15-14(19)13-7-9-17(16-13)12-5-3-2-4-6-12/h2-7,9,11,18H,8,10H2,1H3,(H,15,19). The molecule has 1 atom stereocenters. The largest absolute Gasteiger partial charge is 0.396 e. The molecule has 0 bridgehead atoms. The average molecular weight is 259 g/mol. The SMILES string of the molecule is CC(CCO)NC(=O)c1ccn(-c2ccccc2)n1. The molecule has 0 aliphatic carbocycles. The van der Waals surface area contributed by atoms with Crippen molar-refractivity contribution in [1.82, 2.24) is 15.1 Å². The maximum absolute atomic E-state index is 11.9. The fraction of sp³-hybridized carbons (Fsp3) is 0.286. The van der Waals surface area contributed by atoms with Crippen LogP contribution in [-0.4, -0.2) is 33.4 Å². The Labute approximate surface area is 111 Å². The summed E-state index contributed by atoms with van der Waals surface area (Å²) in [6.07, 6.45) is 2.28. The van der Waals surface area contributed by atoms with E-state index in [0.717, 1.165) is 5.69 Å². The second kappa shape index (κ2) is 6.15. The van der Waals surface area contributed by atoms with Gasteiger partial charge >= 0.3 is 0 Å². The second-order valence-electron chi connectivity index (χ2n) is 4.37. The summed E-state index contributed by atoms with van der Waals surface area (Å²) < 4.78 is 1.66. The first-order valence-electron chi connectivity index (χ1n) is 6.23. The van der Waals surface area contributed by atoms with Crippen molar-refractivity contribution >= 4 is 5.91 Å². The molecule has 5 heteroatoms. The van der Waals surface area contributed by atoms with Crippen LogP contribution in [0.3, 0.4) is 0 Å². The molecule has 5 nitrogen and oxygen atoms in total. The van der Waals surface area contributed by atoms with Gasteiger partial charge in [-0.3, -0.25) is 4.79 Å². The molecule has 0 aliphatic heterocycles. The van der Waals surface area contributed by atoms with Gasteiger partial charge < -0.3 is 10.4 Å². The molecule has 0 fully saturated rings. The Kier molecular flexibility index (Phi) is 4.30. The van der Waals surface area contributed by atoms with Crippen LogP contribution in [-0.2, 0) is 0 Å². The molecule has 0 spiro atoms. The van der Waals surface area contributed by atoms with Gasteiger partial charge in [0.15, 0.2) is 5.69 Å². The Bertz CT molecular complexity index is 537. The monoisotopic (exact) mass is 259 g/mol. The summed E-state index contributed by atoms with van der Waals surface area (Å²) in [5, 5.41) is 15.8. The van der Waals surface area contributed by atoms with Crippen LogP contribution in [0.15, 0.2) is 42.6 Å². The Hall–Kier alpha value is -2.14. The molecule has 1 aromatic carbocycles. The van der Waals surface area contributed by atoms with E-state index in [4.69, 9.17) is 5.11 Å². The highest BCUT2D eigenvalue weighted by Crippen LogP contribution is 2.07. The molecular weight excluding hydrogens is 242 g/mol. The normalized spacial score (nSPS) is 12.1. The lowest BCUT2D eigenvalue weighted by Gasteiger charge is -2.10. The molecule has 1 heterocycles. The number of carbonyl (C=O) groups excluding carboxylic acids is 1. The van der Waals surface area contributed by atoms with Crippen LogP contribution >= 0.6 is 0 Å². The van der Waals surface area contributed by atoms with Gasteiger partial charge in [-0.1, -0.05) is 18.2 Å². The highest BCUT2D eigenvalue weighted by Gasteiger charge is 2.12. The number of hydrogen-bond acceptors (Lipinski definition) is 3. The van der Waals surface area contributed by atoms with Gasteiger partial charge in [0, 0.05) is 18.8 Å². The molecule has 0 saturated carbocycles. The topological polar surface area (TPSA) is 67.2 Å².